The van der Waals surface area contributed by atoms with Crippen LogP contribution >= 0.6 is 0 Å². The second kappa shape index (κ2) is 9.17. The number of nitrogens with one attached hydrogen (secondary N) is 2. The molecular formula is C19H23N3O5. The number of carbonyl (C=O) groups is 2. The van der Waals surface area contributed by atoms with Gasteiger partial charge in [0.05, 0.1) is 6.61 Å². The minimum atomic E-state index is -1.51. The molecule has 0 aliphatic carbocycles. The largest absolute Gasteiger partial charge is 0.392 e. The van der Waals surface area contributed by atoms with Crippen molar-refractivity contribution < 1.29 is 25.0 Å². The summed E-state index contributed by atoms with van der Waals surface area (Å²) in [5.41, 5.74) is 5.59. The fourth-order valence-electron chi connectivity index (χ4n) is 1.88. The Morgan fingerprint density at radius 1 is 1.19 bits per heavy atom. The number of hydroxylamine groups is 1. The maximum atomic E-state index is 12.3. The van der Waals surface area contributed by atoms with Crippen LogP contribution in [0, 0.1) is 23.7 Å². The summed E-state index contributed by atoms with van der Waals surface area (Å²) in [5, 5.41) is 29.7. The molecule has 2 atom stereocenters. The van der Waals surface area contributed by atoms with Gasteiger partial charge in [0.2, 0.25) is 0 Å². The number of rotatable bonds is 5. The van der Waals surface area contributed by atoms with Gasteiger partial charge in [-0.25, -0.2) is 5.48 Å². The van der Waals surface area contributed by atoms with Crippen molar-refractivity contribution in [2.24, 2.45) is 5.73 Å². The summed E-state index contributed by atoms with van der Waals surface area (Å²) in [6, 6.07) is 5.05. The molecule has 0 fully saturated rings. The van der Waals surface area contributed by atoms with Gasteiger partial charge in [0.25, 0.3) is 11.8 Å². The molecule has 0 bridgehead atoms. The van der Waals surface area contributed by atoms with Gasteiger partial charge in [-0.15, -0.1) is 0 Å². The Bertz CT molecular complexity index is 802. The Kier molecular flexibility index (Phi) is 7.53. The first-order valence-electron chi connectivity index (χ1n) is 8.00. The van der Waals surface area contributed by atoms with Crippen LogP contribution in [0.1, 0.15) is 36.7 Å². The number of aliphatic hydroxyl groups excluding tert-OH is 1. The zero-order valence-corrected chi connectivity index (χ0v) is 15.3. The van der Waals surface area contributed by atoms with E-state index >= 15 is 0 Å². The summed E-state index contributed by atoms with van der Waals surface area (Å²) in [6.45, 7) is 3.95. The number of nitrogens with two attached hydrogens (primary N) is 1. The number of amides is 2. The standard InChI is InChI=1S/C19H23N3O5/c1-18(2,20)15(17(25)22-27)21-16(24)14-9-7-13(8-10-14)6-4-5-11-19(3,26)12-23/h7-10,15,23,26-27H,12,20H2,1-3H3,(H,21,24)(H,22,25). The van der Waals surface area contributed by atoms with Gasteiger partial charge in [0, 0.05) is 16.7 Å². The third kappa shape index (κ3) is 7.10. The average Bonchev–Trinajstić information content (AvgIpc) is 2.62. The molecule has 8 heteroatoms. The van der Waals surface area contributed by atoms with Crippen molar-refractivity contribution in [1.82, 2.24) is 10.8 Å². The topological polar surface area (TPSA) is 145 Å². The van der Waals surface area contributed by atoms with E-state index in [2.05, 4.69) is 29.0 Å². The van der Waals surface area contributed by atoms with E-state index in [1.165, 1.54) is 24.5 Å². The number of benzene rings is 1. The van der Waals surface area contributed by atoms with Gasteiger partial charge in [-0.05, 0) is 56.9 Å². The smallest absolute Gasteiger partial charge is 0.267 e. The second-order valence-electron chi connectivity index (χ2n) is 6.71. The van der Waals surface area contributed by atoms with E-state index in [0.29, 0.717) is 5.56 Å². The molecule has 1 rings (SSSR count). The van der Waals surface area contributed by atoms with Crippen molar-refractivity contribution in [3.05, 3.63) is 35.4 Å². The van der Waals surface area contributed by atoms with E-state index in [1.54, 1.807) is 26.0 Å². The zero-order valence-electron chi connectivity index (χ0n) is 15.3. The van der Waals surface area contributed by atoms with E-state index in [4.69, 9.17) is 16.0 Å². The Morgan fingerprint density at radius 2 is 1.78 bits per heavy atom. The van der Waals surface area contributed by atoms with Crippen molar-refractivity contribution in [1.29, 1.82) is 0 Å². The predicted molar refractivity (Wildman–Crippen MR) is 98.3 cm³/mol. The molecule has 1 aromatic carbocycles. The molecule has 8 nitrogen and oxygen atoms in total. The zero-order chi connectivity index (χ0) is 20.7. The molecule has 144 valence electrons. The Morgan fingerprint density at radius 3 is 2.26 bits per heavy atom. The summed E-state index contributed by atoms with van der Waals surface area (Å²) in [5.74, 6) is 8.76. The van der Waals surface area contributed by atoms with Crippen molar-refractivity contribution in [2.45, 2.75) is 38.0 Å². The molecule has 0 aliphatic rings. The molecule has 2 amide bonds. The first kappa shape index (κ1) is 22.2. The van der Waals surface area contributed by atoms with Crippen LogP contribution in [-0.2, 0) is 4.79 Å². The maximum absolute atomic E-state index is 12.3. The first-order valence-corrected chi connectivity index (χ1v) is 8.00. The Labute approximate surface area is 157 Å². The quantitative estimate of drug-likeness (QED) is 0.225. The number of aliphatic hydroxyl groups is 2. The molecule has 7 N–H and O–H groups in total. The molecular weight excluding hydrogens is 350 g/mol. The number of hydrogen-bond donors (Lipinski definition) is 6. The average molecular weight is 373 g/mol. The molecule has 0 saturated carbocycles. The van der Waals surface area contributed by atoms with Gasteiger partial charge < -0.3 is 21.3 Å². The highest BCUT2D eigenvalue weighted by Gasteiger charge is 2.33. The molecule has 0 heterocycles. The highest BCUT2D eigenvalue weighted by molar-refractivity contribution is 5.97. The molecule has 2 unspecified atom stereocenters. The molecule has 0 spiro atoms. The third-order valence-electron chi connectivity index (χ3n) is 3.45. The third-order valence-corrected chi connectivity index (χ3v) is 3.45. The lowest BCUT2D eigenvalue weighted by Crippen LogP contribution is -2.61. The maximum Gasteiger partial charge on any atom is 0.267 e. The molecule has 0 radical (unpaired) electrons. The summed E-state index contributed by atoms with van der Waals surface area (Å²) in [6.07, 6.45) is 0. The minimum absolute atomic E-state index is 0.273. The van der Waals surface area contributed by atoms with E-state index < -0.39 is 35.6 Å². The van der Waals surface area contributed by atoms with E-state index in [9.17, 15) is 14.7 Å². The van der Waals surface area contributed by atoms with Crippen molar-refractivity contribution >= 4 is 11.8 Å². The molecule has 0 aliphatic heterocycles. The van der Waals surface area contributed by atoms with Gasteiger partial charge in [-0.2, -0.15) is 0 Å². The summed E-state index contributed by atoms with van der Waals surface area (Å²) < 4.78 is 0. The van der Waals surface area contributed by atoms with Gasteiger partial charge >= 0.3 is 0 Å². The molecule has 0 aromatic heterocycles. The monoisotopic (exact) mass is 373 g/mol. The molecule has 0 saturated heterocycles. The lowest BCUT2D eigenvalue weighted by molar-refractivity contribution is -0.132. The fraction of sp³-hybridized carbons (Fsp3) is 0.368. The molecule has 27 heavy (non-hydrogen) atoms. The first-order chi connectivity index (χ1) is 12.5. The summed E-state index contributed by atoms with van der Waals surface area (Å²) in [7, 11) is 0. The summed E-state index contributed by atoms with van der Waals surface area (Å²) in [4.78, 5) is 24.0. The van der Waals surface area contributed by atoms with Gasteiger partial charge in [0.1, 0.15) is 11.6 Å². The highest BCUT2D eigenvalue weighted by atomic mass is 16.5. The normalized spacial score (nSPS) is 13.7. The van der Waals surface area contributed by atoms with Crippen LogP contribution in [-0.4, -0.2) is 51.0 Å². The van der Waals surface area contributed by atoms with Crippen LogP contribution in [0.25, 0.3) is 0 Å². The Hall–Kier alpha value is -2.88. The van der Waals surface area contributed by atoms with E-state index in [0.717, 1.165) is 0 Å². The minimum Gasteiger partial charge on any atom is -0.392 e. The van der Waals surface area contributed by atoms with Crippen molar-refractivity contribution in [2.75, 3.05) is 6.61 Å². The van der Waals surface area contributed by atoms with Crippen LogP contribution in [0.4, 0.5) is 0 Å². The van der Waals surface area contributed by atoms with Crippen molar-refractivity contribution in [3.63, 3.8) is 0 Å². The van der Waals surface area contributed by atoms with Gasteiger partial charge in [-0.1, -0.05) is 11.8 Å². The van der Waals surface area contributed by atoms with Gasteiger partial charge in [0.15, 0.2) is 0 Å². The SMILES string of the molecule is CC(O)(C#CC#Cc1ccc(C(=O)NC(C(=O)NO)C(C)(C)N)cc1)CO. The predicted octanol–water partition coefficient (Wildman–Crippen LogP) is -0.874. The second-order valence-corrected chi connectivity index (χ2v) is 6.71. The number of hydrogen-bond acceptors (Lipinski definition) is 6. The van der Waals surface area contributed by atoms with Crippen LogP contribution in [0.2, 0.25) is 0 Å². The van der Waals surface area contributed by atoms with Gasteiger partial charge in [-0.3, -0.25) is 14.8 Å². The van der Waals surface area contributed by atoms with Crippen molar-refractivity contribution in [3.8, 4) is 23.7 Å². The highest BCUT2D eigenvalue weighted by Crippen LogP contribution is 2.09. The lowest BCUT2D eigenvalue weighted by Gasteiger charge is -2.29. The molecule has 1 aromatic rings. The fourth-order valence-corrected chi connectivity index (χ4v) is 1.88. The van der Waals surface area contributed by atoms with Crippen LogP contribution in [0.5, 0.6) is 0 Å². The van der Waals surface area contributed by atoms with E-state index in [-0.39, 0.29) is 5.56 Å². The number of carbonyl (C=O) groups excluding carboxylic acids is 2. The van der Waals surface area contributed by atoms with Crippen LogP contribution in [0.3, 0.4) is 0 Å². The lowest BCUT2D eigenvalue weighted by atomic mass is 9.95. The van der Waals surface area contributed by atoms with E-state index in [1.807, 2.05) is 0 Å². The Balaban J connectivity index is 2.87. The van der Waals surface area contributed by atoms with Crippen LogP contribution in [0.15, 0.2) is 24.3 Å². The van der Waals surface area contributed by atoms with Crippen LogP contribution < -0.4 is 16.5 Å². The summed E-state index contributed by atoms with van der Waals surface area (Å²) >= 11 is 0.